The molecule has 112 valence electrons. The molecule has 0 heterocycles. The zero-order chi connectivity index (χ0) is 15.2. The van der Waals surface area contributed by atoms with Crippen LogP contribution >= 0.6 is 0 Å². The molecule has 0 fully saturated rings. The Balaban J connectivity index is 2.37. The molecule has 0 saturated carbocycles. The summed E-state index contributed by atoms with van der Waals surface area (Å²) in [5, 5.41) is 2.94. The number of rotatable bonds is 6. The molecule has 0 saturated heterocycles. The van der Waals surface area contributed by atoms with Crippen molar-refractivity contribution < 1.29 is 4.79 Å². The highest BCUT2D eigenvalue weighted by Gasteiger charge is 2.12. The van der Waals surface area contributed by atoms with Crippen LogP contribution in [0.5, 0.6) is 0 Å². The second-order valence-corrected chi connectivity index (χ2v) is 6.60. The first-order valence-corrected chi connectivity index (χ1v) is 7.30. The van der Waals surface area contributed by atoms with Crippen LogP contribution in [0.2, 0.25) is 0 Å². The van der Waals surface area contributed by atoms with E-state index in [2.05, 4.69) is 55.3 Å². The minimum absolute atomic E-state index is 0.131. The molecule has 20 heavy (non-hydrogen) atoms. The topological polar surface area (TPSA) is 32.3 Å². The van der Waals surface area contributed by atoms with E-state index in [-0.39, 0.29) is 11.3 Å². The van der Waals surface area contributed by atoms with Crippen LogP contribution in [-0.4, -0.2) is 38.0 Å². The maximum absolute atomic E-state index is 11.7. The average molecular weight is 276 g/mol. The molecule has 1 rings (SSSR count). The van der Waals surface area contributed by atoms with Crippen LogP contribution in [-0.2, 0) is 16.6 Å². The number of amides is 1. The van der Waals surface area contributed by atoms with Gasteiger partial charge in [-0.2, -0.15) is 0 Å². The summed E-state index contributed by atoms with van der Waals surface area (Å²) in [6.45, 7) is 8.22. The average Bonchev–Trinajstić information content (AvgIpc) is 2.35. The van der Waals surface area contributed by atoms with Gasteiger partial charge >= 0.3 is 0 Å². The second kappa shape index (κ2) is 7.44. The van der Waals surface area contributed by atoms with Gasteiger partial charge in [0.1, 0.15) is 0 Å². The van der Waals surface area contributed by atoms with Gasteiger partial charge in [0, 0.05) is 19.5 Å². The lowest BCUT2D eigenvalue weighted by Gasteiger charge is -2.19. The summed E-state index contributed by atoms with van der Waals surface area (Å²) in [6, 6.07) is 8.60. The number of hydrogen-bond acceptors (Lipinski definition) is 2. The molecule has 0 atom stereocenters. The minimum atomic E-state index is 0.131. The smallest absolute Gasteiger partial charge is 0.220 e. The normalized spacial score (nSPS) is 11.7. The van der Waals surface area contributed by atoms with Crippen LogP contribution in [0.4, 0.5) is 0 Å². The van der Waals surface area contributed by atoms with Gasteiger partial charge in [-0.25, -0.2) is 0 Å². The van der Waals surface area contributed by atoms with Crippen LogP contribution in [0.1, 0.15) is 38.3 Å². The fourth-order valence-corrected chi connectivity index (χ4v) is 1.94. The molecule has 0 bridgehead atoms. The predicted molar refractivity (Wildman–Crippen MR) is 85.0 cm³/mol. The van der Waals surface area contributed by atoms with Crippen LogP contribution in [0.3, 0.4) is 0 Å². The molecule has 1 amide bonds. The molecular weight excluding hydrogens is 248 g/mol. The Bertz CT molecular complexity index is 416. The van der Waals surface area contributed by atoms with E-state index in [1.54, 1.807) is 0 Å². The molecule has 0 unspecified atom stereocenters. The van der Waals surface area contributed by atoms with Crippen molar-refractivity contribution in [3.63, 3.8) is 0 Å². The van der Waals surface area contributed by atoms with Crippen molar-refractivity contribution in [1.82, 2.24) is 10.2 Å². The van der Waals surface area contributed by atoms with Crippen molar-refractivity contribution in [2.75, 3.05) is 27.2 Å². The van der Waals surface area contributed by atoms with Gasteiger partial charge in [-0.05, 0) is 37.1 Å². The van der Waals surface area contributed by atoms with Gasteiger partial charge in [0.25, 0.3) is 0 Å². The number of nitrogens with one attached hydrogen (secondary N) is 1. The molecule has 0 spiro atoms. The standard InChI is InChI=1S/C17H28N2O/c1-17(2,3)15-9-6-14(7-10-15)8-11-16(20)18-12-13-19(4)5/h6-7,9-10H,8,11-13H2,1-5H3,(H,18,20). The van der Waals surface area contributed by atoms with Gasteiger partial charge in [0.2, 0.25) is 5.91 Å². The quantitative estimate of drug-likeness (QED) is 0.866. The largest absolute Gasteiger partial charge is 0.355 e. The van der Waals surface area contributed by atoms with E-state index < -0.39 is 0 Å². The van der Waals surface area contributed by atoms with E-state index in [0.717, 1.165) is 19.5 Å². The number of likely N-dealkylation sites (N-methyl/N-ethyl adjacent to an activating group) is 1. The summed E-state index contributed by atoms with van der Waals surface area (Å²) in [6.07, 6.45) is 1.36. The SMILES string of the molecule is CN(C)CCNC(=O)CCc1ccc(C(C)(C)C)cc1. The third kappa shape index (κ3) is 6.20. The van der Waals surface area contributed by atoms with Gasteiger partial charge < -0.3 is 10.2 Å². The van der Waals surface area contributed by atoms with Gasteiger partial charge in [-0.3, -0.25) is 4.79 Å². The number of carbonyl (C=O) groups is 1. The Hall–Kier alpha value is -1.35. The summed E-state index contributed by atoms with van der Waals surface area (Å²) in [5.74, 6) is 0.131. The van der Waals surface area contributed by atoms with Crippen molar-refractivity contribution >= 4 is 5.91 Å². The van der Waals surface area contributed by atoms with Crippen molar-refractivity contribution in [3.8, 4) is 0 Å². The lowest BCUT2D eigenvalue weighted by Crippen LogP contribution is -2.31. The number of benzene rings is 1. The van der Waals surface area contributed by atoms with E-state index in [0.29, 0.717) is 6.42 Å². The Morgan fingerprint density at radius 2 is 1.75 bits per heavy atom. The van der Waals surface area contributed by atoms with Gasteiger partial charge in [-0.15, -0.1) is 0 Å². The molecule has 0 radical (unpaired) electrons. The highest BCUT2D eigenvalue weighted by Crippen LogP contribution is 2.22. The lowest BCUT2D eigenvalue weighted by molar-refractivity contribution is -0.121. The van der Waals surface area contributed by atoms with E-state index in [9.17, 15) is 4.79 Å². The molecular formula is C17H28N2O. The van der Waals surface area contributed by atoms with E-state index >= 15 is 0 Å². The molecule has 0 aliphatic carbocycles. The van der Waals surface area contributed by atoms with E-state index in [1.165, 1.54) is 11.1 Å². The molecule has 1 aromatic carbocycles. The zero-order valence-electron chi connectivity index (χ0n) is 13.5. The third-order valence-electron chi connectivity index (χ3n) is 3.34. The highest BCUT2D eigenvalue weighted by molar-refractivity contribution is 5.76. The first kappa shape index (κ1) is 16.7. The number of carbonyl (C=O) groups excluding carboxylic acids is 1. The summed E-state index contributed by atoms with van der Waals surface area (Å²) < 4.78 is 0. The summed E-state index contributed by atoms with van der Waals surface area (Å²) >= 11 is 0. The summed E-state index contributed by atoms with van der Waals surface area (Å²) in [5.41, 5.74) is 2.74. The van der Waals surface area contributed by atoms with Crippen LogP contribution in [0, 0.1) is 0 Å². The van der Waals surface area contributed by atoms with Gasteiger partial charge in [-0.1, -0.05) is 45.0 Å². The fraction of sp³-hybridized carbons (Fsp3) is 0.588. The molecule has 0 aliphatic heterocycles. The Morgan fingerprint density at radius 1 is 1.15 bits per heavy atom. The Kier molecular flexibility index (Phi) is 6.21. The van der Waals surface area contributed by atoms with E-state index in [1.807, 2.05) is 14.1 Å². The molecule has 1 N–H and O–H groups in total. The van der Waals surface area contributed by atoms with Gasteiger partial charge in [0.15, 0.2) is 0 Å². The van der Waals surface area contributed by atoms with Crippen molar-refractivity contribution in [3.05, 3.63) is 35.4 Å². The highest BCUT2D eigenvalue weighted by atomic mass is 16.1. The molecule has 0 aromatic heterocycles. The van der Waals surface area contributed by atoms with Gasteiger partial charge in [0.05, 0.1) is 0 Å². The maximum atomic E-state index is 11.7. The Labute approximate surface area is 123 Å². The molecule has 0 aliphatic rings. The maximum Gasteiger partial charge on any atom is 0.220 e. The van der Waals surface area contributed by atoms with Crippen molar-refractivity contribution in [1.29, 1.82) is 0 Å². The monoisotopic (exact) mass is 276 g/mol. The van der Waals surface area contributed by atoms with E-state index in [4.69, 9.17) is 0 Å². The predicted octanol–water partition coefficient (Wildman–Crippen LogP) is 2.59. The van der Waals surface area contributed by atoms with Crippen LogP contribution < -0.4 is 5.32 Å². The number of aryl methyl sites for hydroxylation is 1. The summed E-state index contributed by atoms with van der Waals surface area (Å²) in [7, 11) is 4.01. The summed E-state index contributed by atoms with van der Waals surface area (Å²) in [4.78, 5) is 13.8. The zero-order valence-corrected chi connectivity index (χ0v) is 13.5. The van der Waals surface area contributed by atoms with Crippen molar-refractivity contribution in [2.24, 2.45) is 0 Å². The van der Waals surface area contributed by atoms with Crippen molar-refractivity contribution in [2.45, 2.75) is 39.0 Å². The molecule has 1 aromatic rings. The first-order chi connectivity index (χ1) is 9.29. The van der Waals surface area contributed by atoms with Crippen LogP contribution in [0.25, 0.3) is 0 Å². The number of hydrogen-bond donors (Lipinski definition) is 1. The fourth-order valence-electron chi connectivity index (χ4n) is 1.94. The first-order valence-electron chi connectivity index (χ1n) is 7.30. The number of nitrogens with zero attached hydrogens (tertiary/aromatic N) is 1. The molecule has 3 nitrogen and oxygen atoms in total. The lowest BCUT2D eigenvalue weighted by atomic mass is 9.86. The molecule has 3 heteroatoms. The van der Waals surface area contributed by atoms with Crippen LogP contribution in [0.15, 0.2) is 24.3 Å². The Morgan fingerprint density at radius 3 is 2.25 bits per heavy atom. The second-order valence-electron chi connectivity index (χ2n) is 6.60. The minimum Gasteiger partial charge on any atom is -0.355 e. The third-order valence-corrected chi connectivity index (χ3v) is 3.34.